The summed E-state index contributed by atoms with van der Waals surface area (Å²) in [4.78, 5) is 10.4. The number of hydrogen-bond donors (Lipinski definition) is 1. The summed E-state index contributed by atoms with van der Waals surface area (Å²) in [7, 11) is 0. The van der Waals surface area contributed by atoms with E-state index in [0.29, 0.717) is 5.92 Å². The summed E-state index contributed by atoms with van der Waals surface area (Å²) in [5, 5.41) is -0.0417. The fraction of sp³-hybridized carbons (Fsp3) is 0.857. The van der Waals surface area contributed by atoms with Crippen LogP contribution in [0, 0.1) is 5.92 Å². The lowest BCUT2D eigenvalue weighted by atomic mass is 10.0. The molecular formula is C7H15NOS. The maximum absolute atomic E-state index is 10.4. The molecule has 0 saturated carbocycles. The third kappa shape index (κ3) is 2.71. The van der Waals surface area contributed by atoms with Crippen LogP contribution in [0.4, 0.5) is 0 Å². The van der Waals surface area contributed by atoms with Gasteiger partial charge in [-0.3, -0.25) is 0 Å². The van der Waals surface area contributed by atoms with Crippen LogP contribution in [-0.2, 0) is 4.79 Å². The van der Waals surface area contributed by atoms with Crippen molar-refractivity contribution in [2.24, 2.45) is 11.7 Å². The summed E-state index contributed by atoms with van der Waals surface area (Å²) in [5.74, 6) is 0.377. The molecule has 0 aromatic carbocycles. The third-order valence-corrected chi connectivity index (χ3v) is 2.53. The van der Waals surface area contributed by atoms with Gasteiger partial charge in [-0.15, -0.1) is 0 Å². The summed E-state index contributed by atoms with van der Waals surface area (Å²) in [6.07, 6.45) is 2.83. The van der Waals surface area contributed by atoms with Gasteiger partial charge in [0.25, 0.3) is 0 Å². The molecule has 0 heterocycles. The Bertz CT molecular complexity index is 106. The van der Waals surface area contributed by atoms with Gasteiger partial charge in [-0.2, -0.15) is 11.8 Å². The fourth-order valence-electron chi connectivity index (χ4n) is 0.683. The molecule has 2 atom stereocenters. The van der Waals surface area contributed by atoms with Crippen LogP contribution in [0.5, 0.6) is 0 Å². The van der Waals surface area contributed by atoms with Crippen molar-refractivity contribution in [1.82, 2.24) is 0 Å². The minimum Gasteiger partial charge on any atom is -0.326 e. The molecular weight excluding hydrogens is 146 g/mol. The van der Waals surface area contributed by atoms with E-state index in [2.05, 4.69) is 0 Å². The SMILES string of the molecule is CSC(C=O)C(N)C(C)C. The zero-order valence-electron chi connectivity index (χ0n) is 6.70. The van der Waals surface area contributed by atoms with Crippen LogP contribution in [0.25, 0.3) is 0 Å². The maximum Gasteiger partial charge on any atom is 0.134 e. The Balaban J connectivity index is 3.87. The van der Waals surface area contributed by atoms with Gasteiger partial charge in [0.05, 0.1) is 5.25 Å². The molecule has 2 unspecified atom stereocenters. The van der Waals surface area contributed by atoms with Crippen molar-refractivity contribution < 1.29 is 4.79 Å². The first-order chi connectivity index (χ1) is 4.63. The summed E-state index contributed by atoms with van der Waals surface area (Å²) in [5.41, 5.74) is 5.73. The Kier molecular flexibility index (Phi) is 4.73. The Morgan fingerprint density at radius 3 is 2.10 bits per heavy atom. The zero-order valence-corrected chi connectivity index (χ0v) is 7.52. The highest BCUT2D eigenvalue weighted by molar-refractivity contribution is 7.99. The van der Waals surface area contributed by atoms with E-state index in [1.54, 1.807) is 0 Å². The first-order valence-corrected chi connectivity index (χ1v) is 4.66. The van der Waals surface area contributed by atoms with Crippen LogP contribution in [0.1, 0.15) is 13.8 Å². The first kappa shape index (κ1) is 9.98. The number of carbonyl (C=O) groups is 1. The molecule has 0 aromatic heterocycles. The zero-order chi connectivity index (χ0) is 8.15. The van der Waals surface area contributed by atoms with Crippen molar-refractivity contribution in [2.45, 2.75) is 25.1 Å². The Labute approximate surface area is 66.6 Å². The quantitative estimate of drug-likeness (QED) is 0.623. The Morgan fingerprint density at radius 2 is 2.00 bits per heavy atom. The summed E-state index contributed by atoms with van der Waals surface area (Å²) in [6, 6.07) is -0.00694. The lowest BCUT2D eigenvalue weighted by Gasteiger charge is -2.19. The average Bonchev–Trinajstić information content (AvgIpc) is 1.90. The molecule has 0 aliphatic heterocycles. The number of nitrogens with two attached hydrogens (primary N) is 1. The molecule has 2 nitrogen and oxygen atoms in total. The van der Waals surface area contributed by atoms with Gasteiger partial charge in [-0.1, -0.05) is 13.8 Å². The van der Waals surface area contributed by atoms with Gasteiger partial charge in [-0.05, 0) is 12.2 Å². The third-order valence-electron chi connectivity index (χ3n) is 1.56. The molecule has 0 spiro atoms. The average molecular weight is 161 g/mol. The predicted molar refractivity (Wildman–Crippen MR) is 46.2 cm³/mol. The highest BCUT2D eigenvalue weighted by Gasteiger charge is 2.18. The van der Waals surface area contributed by atoms with Crippen LogP contribution in [-0.4, -0.2) is 23.8 Å². The maximum atomic E-state index is 10.4. The molecule has 0 fully saturated rings. The molecule has 0 aliphatic carbocycles. The highest BCUT2D eigenvalue weighted by Crippen LogP contribution is 2.12. The van der Waals surface area contributed by atoms with Crippen molar-refractivity contribution in [3.8, 4) is 0 Å². The van der Waals surface area contributed by atoms with Gasteiger partial charge >= 0.3 is 0 Å². The number of carbonyl (C=O) groups excluding carboxylic acids is 1. The van der Waals surface area contributed by atoms with E-state index in [9.17, 15) is 4.79 Å². The van der Waals surface area contributed by atoms with E-state index in [0.717, 1.165) is 6.29 Å². The predicted octanol–water partition coefficient (Wildman–Crippen LogP) is 0.900. The second kappa shape index (κ2) is 4.74. The standard InChI is InChI=1S/C7H15NOS/c1-5(2)7(8)6(4-9)10-3/h4-7H,8H2,1-3H3. The molecule has 10 heavy (non-hydrogen) atoms. The van der Waals surface area contributed by atoms with Crippen molar-refractivity contribution in [3.05, 3.63) is 0 Å². The monoisotopic (exact) mass is 161 g/mol. The summed E-state index contributed by atoms with van der Waals surface area (Å²) < 4.78 is 0. The van der Waals surface area contributed by atoms with Crippen LogP contribution < -0.4 is 5.73 Å². The normalized spacial score (nSPS) is 16.9. The minimum absolute atomic E-state index is 0.00694. The van der Waals surface area contributed by atoms with E-state index in [4.69, 9.17) is 5.73 Å². The van der Waals surface area contributed by atoms with Gasteiger partial charge in [0.1, 0.15) is 6.29 Å². The second-order valence-electron chi connectivity index (χ2n) is 2.66. The lowest BCUT2D eigenvalue weighted by Crippen LogP contribution is -2.37. The molecule has 0 saturated heterocycles. The first-order valence-electron chi connectivity index (χ1n) is 3.37. The van der Waals surface area contributed by atoms with Crippen molar-refractivity contribution >= 4 is 18.0 Å². The second-order valence-corrected chi connectivity index (χ2v) is 3.67. The van der Waals surface area contributed by atoms with E-state index < -0.39 is 0 Å². The van der Waals surface area contributed by atoms with E-state index >= 15 is 0 Å². The number of rotatable bonds is 4. The van der Waals surface area contributed by atoms with Gasteiger partial charge in [-0.25, -0.2) is 0 Å². The summed E-state index contributed by atoms with van der Waals surface area (Å²) >= 11 is 1.51. The topological polar surface area (TPSA) is 43.1 Å². The number of thioether (sulfide) groups is 1. The minimum atomic E-state index is -0.0417. The van der Waals surface area contributed by atoms with Crippen LogP contribution in [0.15, 0.2) is 0 Å². The molecule has 0 amide bonds. The molecule has 0 aromatic rings. The van der Waals surface area contributed by atoms with Gasteiger partial charge in [0.2, 0.25) is 0 Å². The molecule has 2 N–H and O–H groups in total. The van der Waals surface area contributed by atoms with E-state index in [1.807, 2.05) is 20.1 Å². The smallest absolute Gasteiger partial charge is 0.134 e. The van der Waals surface area contributed by atoms with Crippen molar-refractivity contribution in [2.75, 3.05) is 6.26 Å². The van der Waals surface area contributed by atoms with Crippen LogP contribution in [0.3, 0.4) is 0 Å². The molecule has 0 aliphatic rings. The van der Waals surface area contributed by atoms with E-state index in [-0.39, 0.29) is 11.3 Å². The molecule has 0 radical (unpaired) electrons. The number of aldehydes is 1. The van der Waals surface area contributed by atoms with Gasteiger partial charge in [0, 0.05) is 6.04 Å². The number of hydrogen-bond acceptors (Lipinski definition) is 3. The summed E-state index contributed by atoms with van der Waals surface area (Å²) in [6.45, 7) is 4.05. The Hall–Kier alpha value is -0.0200. The van der Waals surface area contributed by atoms with Crippen LogP contribution >= 0.6 is 11.8 Å². The fourth-order valence-corrected chi connectivity index (χ4v) is 1.42. The van der Waals surface area contributed by atoms with Crippen molar-refractivity contribution in [3.63, 3.8) is 0 Å². The van der Waals surface area contributed by atoms with E-state index in [1.165, 1.54) is 11.8 Å². The molecule has 3 heteroatoms. The van der Waals surface area contributed by atoms with Gasteiger partial charge in [0.15, 0.2) is 0 Å². The van der Waals surface area contributed by atoms with Crippen molar-refractivity contribution in [1.29, 1.82) is 0 Å². The Morgan fingerprint density at radius 1 is 1.50 bits per heavy atom. The lowest BCUT2D eigenvalue weighted by molar-refractivity contribution is -0.107. The molecule has 0 bridgehead atoms. The molecule has 0 rings (SSSR count). The highest BCUT2D eigenvalue weighted by atomic mass is 32.2. The largest absolute Gasteiger partial charge is 0.326 e. The molecule has 60 valence electrons. The van der Waals surface area contributed by atoms with Gasteiger partial charge < -0.3 is 10.5 Å². The van der Waals surface area contributed by atoms with Crippen LogP contribution in [0.2, 0.25) is 0 Å².